The van der Waals surface area contributed by atoms with Gasteiger partial charge in [-0.2, -0.15) is 0 Å². The highest BCUT2D eigenvalue weighted by molar-refractivity contribution is 4.51. The second-order valence-corrected chi connectivity index (χ2v) is 3.54. The van der Waals surface area contributed by atoms with E-state index in [0.717, 1.165) is 0 Å². The molecule has 0 heterocycles. The quantitative estimate of drug-likeness (QED) is 0.593. The molecule has 0 aromatic rings. The molecule has 0 atom stereocenters. The van der Waals surface area contributed by atoms with Gasteiger partial charge in [-0.15, -0.1) is 0 Å². The average molecular weight is 171 g/mol. The summed E-state index contributed by atoms with van der Waals surface area (Å²) >= 11 is 0. The Hall–Kier alpha value is -0.0400. The van der Waals surface area contributed by atoms with Crippen molar-refractivity contribution in [1.29, 1.82) is 0 Å². The first kappa shape index (κ1) is 12.0. The molecule has 2 N–H and O–H groups in total. The third kappa shape index (κ3) is 8.06. The Morgan fingerprint density at radius 3 is 0.583 bits per heavy atom. The molecule has 74 valence electrons. The van der Waals surface area contributed by atoms with Crippen LogP contribution in [0.3, 0.4) is 0 Å². The summed E-state index contributed by atoms with van der Waals surface area (Å²) in [5, 5.41) is 0. The van der Waals surface area contributed by atoms with E-state index in [-0.39, 0.29) is 0 Å². The minimum absolute atomic E-state index is 1.50. The highest BCUT2D eigenvalue weighted by Crippen LogP contribution is 2.15. The Balaban J connectivity index is 0.000000561. The summed E-state index contributed by atoms with van der Waals surface area (Å²) in [7, 11) is 1.50. The van der Waals surface area contributed by atoms with Crippen molar-refractivity contribution in [1.82, 2.24) is 0 Å². The molecule has 0 radical (unpaired) electrons. The molecule has 0 spiro atoms. The fourth-order valence-corrected chi connectivity index (χ4v) is 1.77. The van der Waals surface area contributed by atoms with Gasteiger partial charge in [-0.3, -0.25) is 0 Å². The lowest BCUT2D eigenvalue weighted by molar-refractivity contribution is 0.504. The van der Waals surface area contributed by atoms with Crippen molar-refractivity contribution >= 4 is 0 Å². The van der Waals surface area contributed by atoms with Gasteiger partial charge in [0.25, 0.3) is 0 Å². The van der Waals surface area contributed by atoms with Crippen molar-refractivity contribution in [3.05, 3.63) is 0 Å². The summed E-state index contributed by atoms with van der Waals surface area (Å²) in [5.41, 5.74) is 4.50. The van der Waals surface area contributed by atoms with Gasteiger partial charge in [0, 0.05) is 0 Å². The highest BCUT2D eigenvalue weighted by Gasteiger charge is 1.95. The van der Waals surface area contributed by atoms with Crippen molar-refractivity contribution in [2.24, 2.45) is 5.73 Å². The highest BCUT2D eigenvalue weighted by atomic mass is 14.4. The molecule has 1 nitrogen and oxygen atoms in total. The van der Waals surface area contributed by atoms with Gasteiger partial charge in [0.2, 0.25) is 0 Å². The second-order valence-electron chi connectivity index (χ2n) is 3.54. The van der Waals surface area contributed by atoms with Crippen LogP contribution in [0, 0.1) is 0 Å². The lowest BCUT2D eigenvalue weighted by Crippen LogP contribution is -1.85. The van der Waals surface area contributed by atoms with E-state index in [1.165, 1.54) is 71.3 Å². The Morgan fingerprint density at radius 2 is 0.500 bits per heavy atom. The maximum atomic E-state index is 4.50. The second kappa shape index (κ2) is 11.0. The fourth-order valence-electron chi connectivity index (χ4n) is 1.77. The number of nitrogens with two attached hydrogens (primary N) is 1. The first-order valence-electron chi connectivity index (χ1n) is 5.58. The lowest BCUT2D eigenvalue weighted by atomic mass is 10.0. The van der Waals surface area contributed by atoms with Crippen LogP contribution in [-0.2, 0) is 0 Å². The SMILES string of the molecule is C1CCCCCCCCC1.CN. The van der Waals surface area contributed by atoms with E-state index in [1.807, 2.05) is 0 Å². The van der Waals surface area contributed by atoms with E-state index in [0.29, 0.717) is 0 Å². The Kier molecular flexibility index (Phi) is 10.9. The van der Waals surface area contributed by atoms with Crippen LogP contribution in [0.5, 0.6) is 0 Å². The molecule has 12 heavy (non-hydrogen) atoms. The van der Waals surface area contributed by atoms with Crippen molar-refractivity contribution in [3.8, 4) is 0 Å². The summed E-state index contributed by atoms with van der Waals surface area (Å²) in [4.78, 5) is 0. The molecular weight excluding hydrogens is 146 g/mol. The summed E-state index contributed by atoms with van der Waals surface area (Å²) in [5.74, 6) is 0. The maximum absolute atomic E-state index is 4.50. The van der Waals surface area contributed by atoms with Crippen LogP contribution >= 0.6 is 0 Å². The van der Waals surface area contributed by atoms with Crippen molar-refractivity contribution < 1.29 is 0 Å². The first-order valence-corrected chi connectivity index (χ1v) is 5.58. The number of rotatable bonds is 0. The van der Waals surface area contributed by atoms with E-state index in [4.69, 9.17) is 0 Å². The molecule has 0 aliphatic heterocycles. The Labute approximate surface area is 77.7 Å². The Morgan fingerprint density at radius 1 is 0.417 bits per heavy atom. The summed E-state index contributed by atoms with van der Waals surface area (Å²) in [6.45, 7) is 0. The van der Waals surface area contributed by atoms with Crippen LogP contribution in [0.15, 0.2) is 0 Å². The minimum Gasteiger partial charge on any atom is -0.333 e. The molecule has 1 heteroatoms. The van der Waals surface area contributed by atoms with Gasteiger partial charge in [-0.05, 0) is 7.05 Å². The molecule has 1 aliphatic carbocycles. The molecule has 1 aliphatic rings. The molecular formula is C11H25N. The molecule has 1 saturated carbocycles. The molecule has 0 bridgehead atoms. The number of hydrogen-bond donors (Lipinski definition) is 1. The van der Waals surface area contributed by atoms with E-state index in [1.54, 1.807) is 0 Å². The molecule has 0 amide bonds. The average Bonchev–Trinajstić information content (AvgIpc) is 2.18. The van der Waals surface area contributed by atoms with Gasteiger partial charge in [0.05, 0.1) is 0 Å². The fraction of sp³-hybridized carbons (Fsp3) is 1.00. The molecule has 0 aromatic heterocycles. The topological polar surface area (TPSA) is 26.0 Å². The maximum Gasteiger partial charge on any atom is -0.0195 e. The van der Waals surface area contributed by atoms with Gasteiger partial charge in [-0.1, -0.05) is 64.2 Å². The predicted molar refractivity (Wildman–Crippen MR) is 56.3 cm³/mol. The molecule has 0 aromatic carbocycles. The van der Waals surface area contributed by atoms with Gasteiger partial charge >= 0.3 is 0 Å². The molecule has 1 rings (SSSR count). The lowest BCUT2D eigenvalue weighted by Gasteiger charge is -2.05. The van der Waals surface area contributed by atoms with Crippen LogP contribution in [0.25, 0.3) is 0 Å². The van der Waals surface area contributed by atoms with Crippen molar-refractivity contribution in [2.45, 2.75) is 64.2 Å². The zero-order valence-corrected chi connectivity index (χ0v) is 8.65. The van der Waals surface area contributed by atoms with Gasteiger partial charge in [0.1, 0.15) is 0 Å². The molecule has 1 fully saturated rings. The van der Waals surface area contributed by atoms with Gasteiger partial charge in [0.15, 0.2) is 0 Å². The zero-order valence-electron chi connectivity index (χ0n) is 8.65. The molecule has 0 saturated heterocycles. The monoisotopic (exact) mass is 171 g/mol. The first-order chi connectivity index (χ1) is 6.00. The Bertz CT molecular complexity index is 38.2. The van der Waals surface area contributed by atoms with Crippen LogP contribution in [-0.4, -0.2) is 7.05 Å². The third-order valence-electron chi connectivity index (χ3n) is 2.50. The largest absolute Gasteiger partial charge is 0.333 e. The van der Waals surface area contributed by atoms with Crippen LogP contribution in [0.1, 0.15) is 64.2 Å². The third-order valence-corrected chi connectivity index (χ3v) is 2.50. The van der Waals surface area contributed by atoms with Crippen LogP contribution in [0.4, 0.5) is 0 Å². The van der Waals surface area contributed by atoms with E-state index < -0.39 is 0 Å². The van der Waals surface area contributed by atoms with E-state index in [9.17, 15) is 0 Å². The molecule has 0 unspecified atom stereocenters. The summed E-state index contributed by atoms with van der Waals surface area (Å²) < 4.78 is 0. The van der Waals surface area contributed by atoms with Gasteiger partial charge in [-0.25, -0.2) is 0 Å². The van der Waals surface area contributed by atoms with E-state index in [2.05, 4.69) is 5.73 Å². The van der Waals surface area contributed by atoms with Crippen LogP contribution < -0.4 is 5.73 Å². The van der Waals surface area contributed by atoms with E-state index >= 15 is 0 Å². The van der Waals surface area contributed by atoms with Crippen molar-refractivity contribution in [3.63, 3.8) is 0 Å². The zero-order chi connectivity index (χ0) is 9.07. The summed E-state index contributed by atoms with van der Waals surface area (Å²) in [6, 6.07) is 0. The predicted octanol–water partition coefficient (Wildman–Crippen LogP) is 3.48. The normalized spacial score (nSPS) is 20.5. The number of hydrogen-bond acceptors (Lipinski definition) is 1. The summed E-state index contributed by atoms with van der Waals surface area (Å²) in [6.07, 6.45) is 15.0. The van der Waals surface area contributed by atoms with Crippen molar-refractivity contribution in [2.75, 3.05) is 7.05 Å². The smallest absolute Gasteiger partial charge is 0.0195 e. The van der Waals surface area contributed by atoms with Gasteiger partial charge < -0.3 is 5.73 Å². The van der Waals surface area contributed by atoms with Crippen LogP contribution in [0.2, 0.25) is 0 Å². The minimum atomic E-state index is 1.50. The standard InChI is InChI=1S/C10H20.CH5N/c1-2-4-6-8-10-9-7-5-3-1;1-2/h1-10H2;2H2,1H3.